The van der Waals surface area contributed by atoms with E-state index in [0.717, 1.165) is 4.68 Å². The summed E-state index contributed by atoms with van der Waals surface area (Å²) in [5.74, 6) is 0.0971. The fraction of sp³-hybridized carbons (Fsp3) is 0.714. The molecular formula is C7H12FN3. The molecule has 0 radical (unpaired) electrons. The van der Waals surface area contributed by atoms with Gasteiger partial charge in [-0.3, -0.25) is 0 Å². The third-order valence-electron chi connectivity index (χ3n) is 1.42. The minimum Gasteiger partial charge on any atom is -0.222 e. The zero-order valence-electron chi connectivity index (χ0n) is 7.00. The van der Waals surface area contributed by atoms with Crippen LogP contribution in [0.5, 0.6) is 0 Å². The van der Waals surface area contributed by atoms with Crippen LogP contribution in [0.3, 0.4) is 0 Å². The van der Waals surface area contributed by atoms with Gasteiger partial charge in [-0.15, -0.1) is 5.10 Å². The van der Waals surface area contributed by atoms with E-state index < -0.39 is 0 Å². The Morgan fingerprint density at radius 1 is 1.55 bits per heavy atom. The first-order valence-corrected chi connectivity index (χ1v) is 3.65. The largest absolute Gasteiger partial charge is 0.234 e. The van der Waals surface area contributed by atoms with Crippen molar-refractivity contribution in [3.8, 4) is 0 Å². The van der Waals surface area contributed by atoms with E-state index in [1.54, 1.807) is 7.05 Å². The van der Waals surface area contributed by atoms with Gasteiger partial charge in [-0.2, -0.15) is 4.39 Å². The van der Waals surface area contributed by atoms with Crippen molar-refractivity contribution >= 4 is 0 Å². The second-order valence-corrected chi connectivity index (χ2v) is 3.05. The molecule has 0 saturated carbocycles. The van der Waals surface area contributed by atoms with Gasteiger partial charge in [-0.25, -0.2) is 4.68 Å². The van der Waals surface area contributed by atoms with Crippen molar-refractivity contribution in [1.82, 2.24) is 15.0 Å². The summed E-state index contributed by atoms with van der Waals surface area (Å²) in [6, 6.07) is 0. The number of rotatable bonds is 2. The smallest absolute Gasteiger partial charge is 0.222 e. The number of aryl methyl sites for hydroxylation is 1. The normalized spacial score (nSPS) is 11.0. The molecule has 0 aliphatic heterocycles. The van der Waals surface area contributed by atoms with Crippen molar-refractivity contribution < 1.29 is 4.39 Å². The molecule has 1 rings (SSSR count). The quantitative estimate of drug-likeness (QED) is 0.644. The molecule has 0 aliphatic rings. The van der Waals surface area contributed by atoms with E-state index in [1.807, 2.05) is 13.8 Å². The maximum Gasteiger partial charge on any atom is 0.234 e. The molecule has 0 saturated heterocycles. The van der Waals surface area contributed by atoms with E-state index in [-0.39, 0.29) is 5.95 Å². The van der Waals surface area contributed by atoms with Crippen LogP contribution in [0.2, 0.25) is 0 Å². The van der Waals surface area contributed by atoms with Crippen molar-refractivity contribution in [1.29, 1.82) is 0 Å². The summed E-state index contributed by atoms with van der Waals surface area (Å²) in [7, 11) is 1.55. The molecular weight excluding hydrogens is 145 g/mol. The van der Waals surface area contributed by atoms with Gasteiger partial charge in [0.1, 0.15) is 5.69 Å². The van der Waals surface area contributed by atoms with Crippen molar-refractivity contribution in [2.24, 2.45) is 13.0 Å². The first-order valence-electron chi connectivity index (χ1n) is 3.65. The SMILES string of the molecule is CC(C)Cc1nnn(C)c1F. The lowest BCUT2D eigenvalue weighted by Crippen LogP contribution is -1.99. The van der Waals surface area contributed by atoms with Crippen molar-refractivity contribution in [2.75, 3.05) is 0 Å². The number of halogens is 1. The molecule has 1 aromatic heterocycles. The molecule has 0 amide bonds. The van der Waals surface area contributed by atoms with E-state index in [0.29, 0.717) is 18.0 Å². The second kappa shape index (κ2) is 2.98. The summed E-state index contributed by atoms with van der Waals surface area (Å²) < 4.78 is 14.1. The summed E-state index contributed by atoms with van der Waals surface area (Å²) in [5, 5.41) is 7.25. The monoisotopic (exact) mass is 157 g/mol. The van der Waals surface area contributed by atoms with Gasteiger partial charge in [0.05, 0.1) is 0 Å². The Kier molecular flexibility index (Phi) is 2.22. The molecule has 62 valence electrons. The third kappa shape index (κ3) is 1.76. The van der Waals surface area contributed by atoms with Gasteiger partial charge >= 0.3 is 0 Å². The van der Waals surface area contributed by atoms with E-state index in [4.69, 9.17) is 0 Å². The number of hydrogen-bond acceptors (Lipinski definition) is 2. The summed E-state index contributed by atoms with van der Waals surface area (Å²) in [5.41, 5.74) is 0.461. The standard InChI is InChI=1S/C7H12FN3/c1-5(2)4-6-7(8)11(3)10-9-6/h5H,4H2,1-3H3. The third-order valence-corrected chi connectivity index (χ3v) is 1.42. The average Bonchev–Trinajstić information content (AvgIpc) is 2.18. The number of aromatic nitrogens is 3. The topological polar surface area (TPSA) is 30.7 Å². The van der Waals surface area contributed by atoms with Crippen LogP contribution in [-0.4, -0.2) is 15.0 Å². The van der Waals surface area contributed by atoms with Gasteiger partial charge in [0.15, 0.2) is 0 Å². The molecule has 1 aromatic rings. The summed E-state index contributed by atoms with van der Waals surface area (Å²) in [6.45, 7) is 4.04. The van der Waals surface area contributed by atoms with Crippen LogP contribution in [0, 0.1) is 11.9 Å². The van der Waals surface area contributed by atoms with Crippen LogP contribution in [0.15, 0.2) is 0 Å². The Balaban J connectivity index is 2.79. The van der Waals surface area contributed by atoms with Gasteiger partial charge in [0.2, 0.25) is 5.95 Å². The zero-order chi connectivity index (χ0) is 8.43. The molecule has 4 heteroatoms. The van der Waals surface area contributed by atoms with Gasteiger partial charge in [-0.1, -0.05) is 19.1 Å². The van der Waals surface area contributed by atoms with Gasteiger partial charge in [-0.05, 0) is 12.3 Å². The number of nitrogens with zero attached hydrogens (tertiary/aromatic N) is 3. The fourth-order valence-corrected chi connectivity index (χ4v) is 0.900. The van der Waals surface area contributed by atoms with Crippen molar-refractivity contribution in [2.45, 2.75) is 20.3 Å². The molecule has 3 nitrogen and oxygen atoms in total. The van der Waals surface area contributed by atoms with Crippen LogP contribution in [-0.2, 0) is 13.5 Å². The first-order chi connectivity index (χ1) is 5.11. The summed E-state index contributed by atoms with van der Waals surface area (Å²) >= 11 is 0. The maximum atomic E-state index is 13.0. The molecule has 1 heterocycles. The van der Waals surface area contributed by atoms with E-state index in [9.17, 15) is 4.39 Å². The fourth-order valence-electron chi connectivity index (χ4n) is 0.900. The predicted molar refractivity (Wildman–Crippen MR) is 39.5 cm³/mol. The molecule has 0 aliphatic carbocycles. The maximum absolute atomic E-state index is 13.0. The Morgan fingerprint density at radius 3 is 2.55 bits per heavy atom. The van der Waals surface area contributed by atoms with Crippen LogP contribution >= 0.6 is 0 Å². The Bertz CT molecular complexity index is 242. The Morgan fingerprint density at radius 2 is 2.18 bits per heavy atom. The second-order valence-electron chi connectivity index (χ2n) is 3.05. The van der Waals surface area contributed by atoms with Gasteiger partial charge in [0, 0.05) is 7.05 Å². The van der Waals surface area contributed by atoms with Crippen LogP contribution < -0.4 is 0 Å². The molecule has 0 spiro atoms. The molecule has 0 fully saturated rings. The minimum atomic E-state index is -0.321. The Labute approximate surface area is 65.2 Å². The van der Waals surface area contributed by atoms with Crippen molar-refractivity contribution in [3.63, 3.8) is 0 Å². The summed E-state index contributed by atoms with van der Waals surface area (Å²) in [4.78, 5) is 0. The Hall–Kier alpha value is -0.930. The lowest BCUT2D eigenvalue weighted by molar-refractivity contribution is 0.486. The molecule has 0 unspecified atom stereocenters. The first kappa shape index (κ1) is 8.17. The predicted octanol–water partition coefficient (Wildman–Crippen LogP) is 1.15. The molecule has 0 atom stereocenters. The highest BCUT2D eigenvalue weighted by Gasteiger charge is 2.10. The molecule has 11 heavy (non-hydrogen) atoms. The highest BCUT2D eigenvalue weighted by Crippen LogP contribution is 2.07. The van der Waals surface area contributed by atoms with E-state index in [2.05, 4.69) is 10.3 Å². The van der Waals surface area contributed by atoms with E-state index in [1.165, 1.54) is 0 Å². The lowest BCUT2D eigenvalue weighted by Gasteiger charge is -1.98. The molecule has 0 N–H and O–H groups in total. The molecule has 0 bridgehead atoms. The van der Waals surface area contributed by atoms with Crippen molar-refractivity contribution in [3.05, 3.63) is 11.6 Å². The van der Waals surface area contributed by atoms with Crippen LogP contribution in [0.4, 0.5) is 4.39 Å². The molecule has 0 aromatic carbocycles. The van der Waals surface area contributed by atoms with Crippen LogP contribution in [0.25, 0.3) is 0 Å². The van der Waals surface area contributed by atoms with Gasteiger partial charge < -0.3 is 0 Å². The summed E-state index contributed by atoms with van der Waals surface area (Å²) in [6.07, 6.45) is 0.652. The van der Waals surface area contributed by atoms with Gasteiger partial charge in [0.25, 0.3) is 0 Å². The highest BCUT2D eigenvalue weighted by atomic mass is 19.1. The van der Waals surface area contributed by atoms with Crippen LogP contribution in [0.1, 0.15) is 19.5 Å². The highest BCUT2D eigenvalue weighted by molar-refractivity contribution is 4.96. The minimum absolute atomic E-state index is 0.321. The zero-order valence-corrected chi connectivity index (χ0v) is 7.00. The average molecular weight is 157 g/mol. The van der Waals surface area contributed by atoms with E-state index >= 15 is 0 Å². The lowest BCUT2D eigenvalue weighted by atomic mass is 10.1. The number of hydrogen-bond donors (Lipinski definition) is 0.